The number of rotatable bonds is 6. The molecule has 1 spiro atoms. The lowest BCUT2D eigenvalue weighted by atomic mass is 9.85. The van der Waals surface area contributed by atoms with Gasteiger partial charge >= 0.3 is 11.1 Å². The average molecular weight is 454 g/mol. The van der Waals surface area contributed by atoms with Crippen LogP contribution in [0, 0.1) is 5.92 Å². The monoisotopic (exact) mass is 453 g/mol. The summed E-state index contributed by atoms with van der Waals surface area (Å²) in [6.07, 6.45) is 5.51. The maximum atomic E-state index is 12.9. The molecule has 2 aromatic rings. The molecule has 3 aliphatic rings. The van der Waals surface area contributed by atoms with Crippen molar-refractivity contribution >= 4 is 5.95 Å². The number of ether oxygens (including phenoxy) is 1. The smallest absolute Gasteiger partial charge is 0.332 e. The van der Waals surface area contributed by atoms with E-state index in [0.717, 1.165) is 51.1 Å². The molecule has 33 heavy (non-hydrogen) atoms. The first kappa shape index (κ1) is 22.2. The number of fused-ring (bicyclic) bond motifs is 1. The number of likely N-dealkylation sites (N-methyl/N-ethyl adjacent to an activating group) is 1. The summed E-state index contributed by atoms with van der Waals surface area (Å²) in [6.45, 7) is 7.99. The molecule has 2 fully saturated rings. The Balaban J connectivity index is 1.26. The van der Waals surface area contributed by atoms with E-state index in [0.29, 0.717) is 25.0 Å². The predicted octanol–water partition coefficient (Wildman–Crippen LogP) is 2.48. The van der Waals surface area contributed by atoms with Gasteiger partial charge in [-0.2, -0.15) is 0 Å². The Morgan fingerprint density at radius 2 is 1.79 bits per heavy atom. The third-order valence-electron chi connectivity index (χ3n) is 7.72. The molecule has 0 atom stereocenters. The van der Waals surface area contributed by atoms with Gasteiger partial charge in [0.2, 0.25) is 5.95 Å². The van der Waals surface area contributed by atoms with Crippen LogP contribution in [0.2, 0.25) is 0 Å². The van der Waals surface area contributed by atoms with Gasteiger partial charge in [-0.25, -0.2) is 4.68 Å². The summed E-state index contributed by atoms with van der Waals surface area (Å²) in [7, 11) is 2.03. The van der Waals surface area contributed by atoms with E-state index in [-0.39, 0.29) is 11.6 Å². The summed E-state index contributed by atoms with van der Waals surface area (Å²) < 4.78 is 8.79. The molecule has 0 N–H and O–H groups in total. The first-order valence-electron chi connectivity index (χ1n) is 12.3. The Hall–Kier alpha value is -2.61. The van der Waals surface area contributed by atoms with Crippen LogP contribution < -0.4 is 20.8 Å². The van der Waals surface area contributed by atoms with Crippen LogP contribution in [0.5, 0.6) is 5.75 Å². The minimum atomic E-state index is -0.474. The van der Waals surface area contributed by atoms with Gasteiger partial charge in [-0.1, -0.05) is 18.6 Å². The van der Waals surface area contributed by atoms with Crippen molar-refractivity contribution in [1.29, 1.82) is 0 Å². The SMILES string of the molecule is CC(C)Oc1ccc(CN2CCC3(CC2)Cn2c(nn(CC4CCC4)c(=O)c2=O)N3C)cc1. The van der Waals surface area contributed by atoms with E-state index >= 15 is 0 Å². The summed E-state index contributed by atoms with van der Waals surface area (Å²) in [4.78, 5) is 30.2. The second-order valence-corrected chi connectivity index (χ2v) is 10.3. The van der Waals surface area contributed by atoms with E-state index in [2.05, 4.69) is 27.0 Å². The summed E-state index contributed by atoms with van der Waals surface area (Å²) in [5.74, 6) is 2.03. The van der Waals surface area contributed by atoms with Gasteiger partial charge in [0.15, 0.2) is 0 Å². The molecule has 1 aliphatic carbocycles. The lowest BCUT2D eigenvalue weighted by Crippen LogP contribution is -2.53. The molecular formula is C25H35N5O3. The van der Waals surface area contributed by atoms with Gasteiger partial charge in [0.05, 0.1) is 18.2 Å². The normalized spacial score (nSPS) is 20.3. The zero-order chi connectivity index (χ0) is 23.2. The van der Waals surface area contributed by atoms with Crippen LogP contribution in [0.15, 0.2) is 33.9 Å². The van der Waals surface area contributed by atoms with Crippen LogP contribution in [0.4, 0.5) is 5.95 Å². The van der Waals surface area contributed by atoms with E-state index in [4.69, 9.17) is 4.74 Å². The Kier molecular flexibility index (Phi) is 5.80. The highest BCUT2D eigenvalue weighted by atomic mass is 16.5. The van der Waals surface area contributed by atoms with Crippen molar-refractivity contribution in [1.82, 2.24) is 19.2 Å². The van der Waals surface area contributed by atoms with E-state index in [9.17, 15) is 9.59 Å². The molecule has 3 heterocycles. The summed E-state index contributed by atoms with van der Waals surface area (Å²) in [6, 6.07) is 8.36. The highest BCUT2D eigenvalue weighted by molar-refractivity contribution is 5.39. The van der Waals surface area contributed by atoms with Gasteiger partial charge in [-0.05, 0) is 63.1 Å². The van der Waals surface area contributed by atoms with Crippen LogP contribution in [-0.4, -0.2) is 51.0 Å². The van der Waals surface area contributed by atoms with Crippen LogP contribution in [-0.2, 0) is 19.6 Å². The largest absolute Gasteiger partial charge is 0.491 e. The lowest BCUT2D eigenvalue weighted by Gasteiger charge is -2.43. The number of hydrogen-bond acceptors (Lipinski definition) is 6. The van der Waals surface area contributed by atoms with Gasteiger partial charge in [-0.15, -0.1) is 5.10 Å². The molecule has 178 valence electrons. The molecule has 0 amide bonds. The van der Waals surface area contributed by atoms with Gasteiger partial charge in [0.25, 0.3) is 0 Å². The zero-order valence-corrected chi connectivity index (χ0v) is 20.0. The molecule has 2 aliphatic heterocycles. The van der Waals surface area contributed by atoms with E-state index in [1.807, 2.05) is 33.0 Å². The average Bonchev–Trinajstić information content (AvgIpc) is 3.03. The fourth-order valence-electron chi connectivity index (χ4n) is 5.40. The first-order chi connectivity index (χ1) is 15.8. The van der Waals surface area contributed by atoms with Crippen molar-refractivity contribution in [2.24, 2.45) is 5.92 Å². The van der Waals surface area contributed by atoms with Crippen molar-refractivity contribution in [3.8, 4) is 5.75 Å². The molecule has 1 saturated heterocycles. The van der Waals surface area contributed by atoms with Crippen molar-refractivity contribution in [2.45, 2.75) is 77.2 Å². The quantitative estimate of drug-likeness (QED) is 0.626. The molecule has 1 aromatic heterocycles. The molecule has 8 nitrogen and oxygen atoms in total. The molecule has 1 aromatic carbocycles. The van der Waals surface area contributed by atoms with Crippen molar-refractivity contribution in [2.75, 3.05) is 25.0 Å². The Morgan fingerprint density at radius 3 is 2.39 bits per heavy atom. The minimum Gasteiger partial charge on any atom is -0.491 e. The third-order valence-corrected chi connectivity index (χ3v) is 7.72. The van der Waals surface area contributed by atoms with Gasteiger partial charge in [0, 0.05) is 33.2 Å². The van der Waals surface area contributed by atoms with Crippen molar-refractivity contribution in [3.05, 3.63) is 50.5 Å². The fraction of sp³-hybridized carbons (Fsp3) is 0.640. The second kappa shape index (κ2) is 8.63. The van der Waals surface area contributed by atoms with E-state index in [1.54, 1.807) is 4.57 Å². The van der Waals surface area contributed by atoms with Crippen LogP contribution >= 0.6 is 0 Å². The molecule has 5 rings (SSSR count). The summed E-state index contributed by atoms with van der Waals surface area (Å²) in [5.41, 5.74) is 0.232. The highest BCUT2D eigenvalue weighted by Crippen LogP contribution is 2.37. The lowest BCUT2D eigenvalue weighted by molar-refractivity contribution is 0.149. The number of likely N-dealkylation sites (tertiary alicyclic amines) is 1. The number of benzene rings is 1. The van der Waals surface area contributed by atoms with Gasteiger partial charge in [0.1, 0.15) is 5.75 Å². The fourth-order valence-corrected chi connectivity index (χ4v) is 5.40. The predicted molar refractivity (Wildman–Crippen MR) is 128 cm³/mol. The number of nitrogens with zero attached hydrogens (tertiary/aromatic N) is 5. The first-order valence-corrected chi connectivity index (χ1v) is 12.3. The van der Waals surface area contributed by atoms with Crippen molar-refractivity contribution < 1.29 is 4.74 Å². The van der Waals surface area contributed by atoms with Gasteiger partial charge < -0.3 is 9.64 Å². The standard InChI is InChI=1S/C25H35N5O3/c1-18(2)33-21-9-7-20(8-10-21)15-28-13-11-25(12-14-28)17-29-22(31)23(32)30(16-19-5-4-6-19)26-24(29)27(25)3/h7-10,18-19H,4-6,11-17H2,1-3H3. The maximum Gasteiger partial charge on any atom is 0.332 e. The second-order valence-electron chi connectivity index (χ2n) is 10.3. The molecule has 0 radical (unpaired) electrons. The number of aromatic nitrogens is 3. The van der Waals surface area contributed by atoms with E-state index in [1.165, 1.54) is 16.7 Å². The van der Waals surface area contributed by atoms with Gasteiger partial charge in [-0.3, -0.25) is 19.1 Å². The maximum absolute atomic E-state index is 12.9. The Morgan fingerprint density at radius 1 is 1.09 bits per heavy atom. The molecular weight excluding hydrogens is 418 g/mol. The number of hydrogen-bond donors (Lipinski definition) is 0. The van der Waals surface area contributed by atoms with Crippen LogP contribution in [0.3, 0.4) is 0 Å². The zero-order valence-electron chi connectivity index (χ0n) is 20.0. The topological polar surface area (TPSA) is 72.6 Å². The Bertz CT molecular complexity index is 1110. The number of anilines is 1. The number of piperidine rings is 1. The summed E-state index contributed by atoms with van der Waals surface area (Å²) >= 11 is 0. The Labute approximate surface area is 194 Å². The molecule has 0 unspecified atom stereocenters. The molecule has 8 heteroatoms. The molecule has 0 bridgehead atoms. The van der Waals surface area contributed by atoms with Crippen molar-refractivity contribution in [3.63, 3.8) is 0 Å². The van der Waals surface area contributed by atoms with E-state index < -0.39 is 11.1 Å². The molecule has 1 saturated carbocycles. The third kappa shape index (κ3) is 4.21. The highest BCUT2D eigenvalue weighted by Gasteiger charge is 2.46. The van der Waals surface area contributed by atoms with Crippen LogP contribution in [0.1, 0.15) is 51.5 Å². The van der Waals surface area contributed by atoms with Crippen LogP contribution in [0.25, 0.3) is 0 Å². The minimum absolute atomic E-state index is 0.146. The summed E-state index contributed by atoms with van der Waals surface area (Å²) in [5, 5.41) is 4.65.